The molecule has 0 spiro atoms. The lowest BCUT2D eigenvalue weighted by atomic mass is 10.1. The molecule has 1 aromatic carbocycles. The summed E-state index contributed by atoms with van der Waals surface area (Å²) in [5.41, 5.74) is 3.49. The van der Waals surface area contributed by atoms with Gasteiger partial charge in [-0.2, -0.15) is 0 Å². The van der Waals surface area contributed by atoms with Crippen LogP contribution < -0.4 is 20.5 Å². The summed E-state index contributed by atoms with van der Waals surface area (Å²) in [5.74, 6) is -1.22. The Bertz CT molecular complexity index is 1350. The third kappa shape index (κ3) is 6.11. The number of nitrogens with one attached hydrogen (secondary N) is 1. The standard InChI is InChI=1S/C28H38F2N6O6S/c1-5-10-43-26-31-24(34(27(40)41)18-12-15(18)14-6-7-16(29)17(30)11-14)21-25(32-26)35(33-36(21)28(2,3)4)19-13-20(42-9-8-37)23(39)22(19)38/h6-7,11,15,18-20,22-23,33,37-39H,5,8-10,12-13H2,1-4H3,(H,40,41)/t15-,18+,19+,20-,22-,23+/m0/s1. The van der Waals surface area contributed by atoms with Crippen LogP contribution in [0.2, 0.25) is 0 Å². The molecular weight excluding hydrogens is 586 g/mol. The highest BCUT2D eigenvalue weighted by Gasteiger charge is 2.53. The van der Waals surface area contributed by atoms with Crippen molar-refractivity contribution in [3.63, 3.8) is 0 Å². The van der Waals surface area contributed by atoms with Gasteiger partial charge in [0.05, 0.1) is 30.9 Å². The fourth-order valence-corrected chi connectivity index (χ4v) is 6.37. The van der Waals surface area contributed by atoms with E-state index >= 15 is 0 Å². The van der Waals surface area contributed by atoms with E-state index in [1.54, 1.807) is 10.0 Å². The second-order valence-corrected chi connectivity index (χ2v) is 13.0. The minimum Gasteiger partial charge on any atom is -0.465 e. The molecule has 12 nitrogen and oxygen atoms in total. The summed E-state index contributed by atoms with van der Waals surface area (Å²) in [6.07, 6.45) is -3.06. The number of hydrazine groups is 2. The average Bonchev–Trinajstić information content (AvgIpc) is 3.54. The van der Waals surface area contributed by atoms with E-state index in [0.29, 0.717) is 34.4 Å². The smallest absolute Gasteiger partial charge is 0.413 e. The summed E-state index contributed by atoms with van der Waals surface area (Å²) in [4.78, 5) is 23.6. The van der Waals surface area contributed by atoms with Crippen LogP contribution in [0.25, 0.3) is 0 Å². The fraction of sp³-hybridized carbons (Fsp3) is 0.607. The first-order chi connectivity index (χ1) is 20.4. The minimum absolute atomic E-state index is 0.00248. The van der Waals surface area contributed by atoms with Crippen LogP contribution in [0.3, 0.4) is 0 Å². The number of benzene rings is 1. The second kappa shape index (κ2) is 12.3. The first-order valence-corrected chi connectivity index (χ1v) is 15.3. The Labute approximate surface area is 252 Å². The number of anilines is 3. The number of aliphatic hydroxyl groups is 3. The van der Waals surface area contributed by atoms with Crippen molar-refractivity contribution < 1.29 is 38.7 Å². The highest BCUT2D eigenvalue weighted by atomic mass is 32.2. The van der Waals surface area contributed by atoms with Crippen molar-refractivity contribution >= 4 is 35.2 Å². The van der Waals surface area contributed by atoms with E-state index in [4.69, 9.17) is 14.7 Å². The van der Waals surface area contributed by atoms with Crippen LogP contribution in [0.4, 0.5) is 30.9 Å². The number of amides is 1. The van der Waals surface area contributed by atoms with Crippen LogP contribution in [0.1, 0.15) is 58.4 Å². The van der Waals surface area contributed by atoms with Crippen LogP contribution in [-0.4, -0.2) is 91.4 Å². The summed E-state index contributed by atoms with van der Waals surface area (Å²) in [7, 11) is 0. The predicted molar refractivity (Wildman–Crippen MR) is 156 cm³/mol. The number of ether oxygens (including phenoxy) is 1. The van der Waals surface area contributed by atoms with Gasteiger partial charge in [-0.05, 0) is 51.3 Å². The molecule has 0 bridgehead atoms. The Kier molecular flexibility index (Phi) is 9.03. The molecule has 2 fully saturated rings. The zero-order valence-electron chi connectivity index (χ0n) is 24.4. The first kappa shape index (κ1) is 31.6. The van der Waals surface area contributed by atoms with Gasteiger partial charge in [0.15, 0.2) is 28.4 Å². The van der Waals surface area contributed by atoms with E-state index in [9.17, 15) is 34.0 Å². The number of carboxylic acid groups (broad SMARTS) is 1. The molecule has 6 atom stereocenters. The van der Waals surface area contributed by atoms with Crippen molar-refractivity contribution in [2.24, 2.45) is 0 Å². The molecule has 15 heteroatoms. The Morgan fingerprint density at radius 3 is 2.56 bits per heavy atom. The second-order valence-electron chi connectivity index (χ2n) is 12.0. The molecule has 2 aliphatic carbocycles. The Balaban J connectivity index is 1.59. The molecule has 0 saturated heterocycles. The molecule has 1 amide bonds. The molecule has 0 unspecified atom stereocenters. The molecule has 43 heavy (non-hydrogen) atoms. The van der Waals surface area contributed by atoms with Crippen molar-refractivity contribution in [1.82, 2.24) is 15.5 Å². The van der Waals surface area contributed by atoms with E-state index < -0.39 is 53.7 Å². The number of hydrogen-bond donors (Lipinski definition) is 5. The van der Waals surface area contributed by atoms with Crippen LogP contribution in [0.5, 0.6) is 0 Å². The molecule has 2 heterocycles. The van der Waals surface area contributed by atoms with Gasteiger partial charge in [-0.15, -0.1) is 5.53 Å². The molecule has 5 rings (SSSR count). The predicted octanol–water partition coefficient (Wildman–Crippen LogP) is 3.01. The zero-order valence-corrected chi connectivity index (χ0v) is 25.3. The lowest BCUT2D eigenvalue weighted by Crippen LogP contribution is -2.58. The molecule has 236 valence electrons. The van der Waals surface area contributed by atoms with Gasteiger partial charge in [-0.3, -0.25) is 14.9 Å². The topological polar surface area (TPSA) is 155 Å². The van der Waals surface area contributed by atoms with Crippen molar-refractivity contribution in [2.45, 2.75) is 94.0 Å². The summed E-state index contributed by atoms with van der Waals surface area (Å²) < 4.78 is 33.2. The number of hydrogen-bond acceptors (Lipinski definition) is 11. The van der Waals surface area contributed by atoms with Crippen LogP contribution in [0, 0.1) is 11.6 Å². The highest BCUT2D eigenvalue weighted by Crippen LogP contribution is 2.51. The largest absolute Gasteiger partial charge is 0.465 e. The normalized spacial score (nSPS) is 26.6. The van der Waals surface area contributed by atoms with Gasteiger partial charge in [0.25, 0.3) is 0 Å². The third-order valence-electron chi connectivity index (χ3n) is 7.84. The average molecular weight is 625 g/mol. The number of aromatic nitrogens is 2. The van der Waals surface area contributed by atoms with Crippen molar-refractivity contribution in [3.05, 3.63) is 35.4 Å². The van der Waals surface area contributed by atoms with E-state index in [1.165, 1.54) is 22.7 Å². The Morgan fingerprint density at radius 1 is 1.19 bits per heavy atom. The van der Waals surface area contributed by atoms with Gasteiger partial charge >= 0.3 is 6.09 Å². The highest BCUT2D eigenvalue weighted by molar-refractivity contribution is 7.99. The molecule has 2 saturated carbocycles. The summed E-state index contributed by atoms with van der Waals surface area (Å²) in [6.45, 7) is 7.50. The molecular formula is C28H38F2N6O6S. The number of fused-ring (bicyclic) bond motifs is 1. The van der Waals surface area contributed by atoms with Gasteiger partial charge < -0.3 is 25.2 Å². The summed E-state index contributed by atoms with van der Waals surface area (Å²) >= 11 is 1.36. The lowest BCUT2D eigenvalue weighted by molar-refractivity contribution is -0.0617. The third-order valence-corrected chi connectivity index (χ3v) is 8.89. The van der Waals surface area contributed by atoms with Crippen LogP contribution in [-0.2, 0) is 4.74 Å². The van der Waals surface area contributed by atoms with Gasteiger partial charge in [-0.25, -0.2) is 23.5 Å². The fourth-order valence-electron chi connectivity index (χ4n) is 5.68. The molecule has 1 aliphatic heterocycles. The molecule has 0 radical (unpaired) electrons. The monoisotopic (exact) mass is 624 g/mol. The van der Waals surface area contributed by atoms with E-state index in [2.05, 4.69) is 5.53 Å². The molecule has 2 aromatic rings. The van der Waals surface area contributed by atoms with E-state index in [0.717, 1.165) is 18.6 Å². The van der Waals surface area contributed by atoms with E-state index in [-0.39, 0.29) is 31.4 Å². The summed E-state index contributed by atoms with van der Waals surface area (Å²) in [6, 6.07) is 2.29. The maximum Gasteiger partial charge on any atom is 0.413 e. The minimum atomic E-state index is -1.26. The van der Waals surface area contributed by atoms with Gasteiger partial charge in [0, 0.05) is 24.1 Å². The van der Waals surface area contributed by atoms with Crippen LogP contribution in [0.15, 0.2) is 23.4 Å². The first-order valence-electron chi connectivity index (χ1n) is 14.3. The summed E-state index contributed by atoms with van der Waals surface area (Å²) in [5, 5.41) is 45.2. The van der Waals surface area contributed by atoms with Crippen molar-refractivity contribution in [2.75, 3.05) is 33.9 Å². The van der Waals surface area contributed by atoms with Crippen molar-refractivity contribution in [3.8, 4) is 0 Å². The maximum absolute atomic E-state index is 14.0. The maximum atomic E-state index is 14.0. The molecule has 3 aliphatic rings. The number of aliphatic hydroxyl groups excluding tert-OH is 3. The SMILES string of the molecule is CCCSc1nc2c(c(N(C(=O)O)[C@@H]3C[C@H]3c3ccc(F)c(F)c3)n1)N(C(C)(C)C)NN2[C@@H]1C[C@H](OCCO)[C@@H](O)[C@H]1O. The Hall–Kier alpha value is -2.82. The number of carbonyl (C=O) groups is 1. The number of halogens is 2. The van der Waals surface area contributed by atoms with Gasteiger partial charge in [0.1, 0.15) is 17.9 Å². The molecule has 1 aromatic heterocycles. The zero-order chi connectivity index (χ0) is 31.2. The van der Waals surface area contributed by atoms with Crippen LogP contribution >= 0.6 is 11.8 Å². The quantitative estimate of drug-likeness (QED) is 0.195. The lowest BCUT2D eigenvalue weighted by Gasteiger charge is -2.36. The number of rotatable bonds is 10. The Morgan fingerprint density at radius 2 is 1.93 bits per heavy atom. The number of nitrogens with zero attached hydrogens (tertiary/aromatic N) is 5. The van der Waals surface area contributed by atoms with Crippen molar-refractivity contribution in [1.29, 1.82) is 0 Å². The van der Waals surface area contributed by atoms with Gasteiger partial charge in [0.2, 0.25) is 0 Å². The van der Waals surface area contributed by atoms with Gasteiger partial charge in [-0.1, -0.05) is 24.8 Å². The molecule has 5 N–H and O–H groups in total. The van der Waals surface area contributed by atoms with E-state index in [1.807, 2.05) is 27.7 Å². The number of thioether (sulfide) groups is 1.